The zero-order chi connectivity index (χ0) is 11.5. The smallest absolute Gasteiger partial charge is 0.120 e. The molecule has 3 nitrogen and oxygen atoms in total. The van der Waals surface area contributed by atoms with Crippen molar-refractivity contribution in [2.45, 2.75) is 19.9 Å². The summed E-state index contributed by atoms with van der Waals surface area (Å²) in [7, 11) is 1.70. The minimum absolute atomic E-state index is 0.725. The molecule has 0 saturated carbocycles. The van der Waals surface area contributed by atoms with Gasteiger partial charge in [-0.1, -0.05) is 0 Å². The molecule has 2 aromatic rings. The van der Waals surface area contributed by atoms with Crippen molar-refractivity contribution in [1.82, 2.24) is 4.57 Å². The lowest BCUT2D eigenvalue weighted by molar-refractivity contribution is 0.415. The van der Waals surface area contributed by atoms with Crippen molar-refractivity contribution in [3.8, 4) is 5.75 Å². The van der Waals surface area contributed by atoms with Crippen LogP contribution in [0.25, 0.3) is 10.9 Å². The number of nitrogens with zero attached hydrogens (tertiary/aromatic N) is 1. The molecule has 0 radical (unpaired) electrons. The molecule has 1 heterocycles. The largest absolute Gasteiger partial charge is 0.497 e. The lowest BCUT2D eigenvalue weighted by Gasteiger charge is -2.08. The van der Waals surface area contributed by atoms with Crippen molar-refractivity contribution in [1.29, 1.82) is 0 Å². The van der Waals surface area contributed by atoms with Crippen LogP contribution in [0.15, 0.2) is 24.3 Å². The van der Waals surface area contributed by atoms with Crippen LogP contribution in [0, 0.1) is 6.92 Å². The van der Waals surface area contributed by atoms with Crippen LogP contribution in [-0.4, -0.2) is 18.2 Å². The number of nitrogens with two attached hydrogens (primary N) is 1. The molecule has 16 heavy (non-hydrogen) atoms. The highest BCUT2D eigenvalue weighted by molar-refractivity contribution is 5.82. The molecule has 2 rings (SSSR count). The van der Waals surface area contributed by atoms with Crippen molar-refractivity contribution < 1.29 is 4.74 Å². The molecule has 0 aliphatic rings. The second-order valence-corrected chi connectivity index (χ2v) is 4.00. The summed E-state index contributed by atoms with van der Waals surface area (Å²) in [5, 5.41) is 1.26. The average Bonchev–Trinajstić information content (AvgIpc) is 2.61. The maximum absolute atomic E-state index is 5.56. The summed E-state index contributed by atoms with van der Waals surface area (Å²) in [5.74, 6) is 0.902. The highest BCUT2D eigenvalue weighted by Gasteiger charge is 2.06. The molecule has 0 fully saturated rings. The monoisotopic (exact) mass is 218 g/mol. The molecule has 1 aromatic carbocycles. The molecule has 86 valence electrons. The van der Waals surface area contributed by atoms with E-state index in [-0.39, 0.29) is 0 Å². The van der Waals surface area contributed by atoms with E-state index in [1.165, 1.54) is 16.6 Å². The van der Waals surface area contributed by atoms with Crippen LogP contribution >= 0.6 is 0 Å². The molecule has 0 aliphatic carbocycles. The van der Waals surface area contributed by atoms with E-state index in [1.807, 2.05) is 6.07 Å². The molecule has 2 N–H and O–H groups in total. The lowest BCUT2D eigenvalue weighted by Crippen LogP contribution is -2.06. The van der Waals surface area contributed by atoms with Gasteiger partial charge in [-0.25, -0.2) is 0 Å². The summed E-state index contributed by atoms with van der Waals surface area (Å²) < 4.78 is 7.55. The van der Waals surface area contributed by atoms with E-state index < -0.39 is 0 Å². The van der Waals surface area contributed by atoms with E-state index in [0.717, 1.165) is 25.3 Å². The van der Waals surface area contributed by atoms with Gasteiger partial charge in [0.25, 0.3) is 0 Å². The van der Waals surface area contributed by atoms with Gasteiger partial charge in [0.1, 0.15) is 5.75 Å². The van der Waals surface area contributed by atoms with E-state index in [0.29, 0.717) is 0 Å². The number of aromatic nitrogens is 1. The molecular formula is C13H18N2O. The Kier molecular flexibility index (Phi) is 3.15. The predicted octanol–water partition coefficient (Wildman–Crippen LogP) is 2.31. The molecule has 0 atom stereocenters. The number of ether oxygens (including phenoxy) is 1. The molecule has 3 heteroatoms. The molecule has 0 bridgehead atoms. The molecule has 0 amide bonds. The topological polar surface area (TPSA) is 40.2 Å². The first-order valence-corrected chi connectivity index (χ1v) is 5.60. The normalized spacial score (nSPS) is 10.9. The highest BCUT2D eigenvalue weighted by atomic mass is 16.5. The summed E-state index contributed by atoms with van der Waals surface area (Å²) in [6.07, 6.45) is 1.00. The van der Waals surface area contributed by atoms with Gasteiger partial charge in [0.05, 0.1) is 12.6 Å². The van der Waals surface area contributed by atoms with Crippen LogP contribution in [0.2, 0.25) is 0 Å². The van der Waals surface area contributed by atoms with Gasteiger partial charge in [-0.2, -0.15) is 0 Å². The quantitative estimate of drug-likeness (QED) is 0.855. The fourth-order valence-electron chi connectivity index (χ4n) is 2.05. The van der Waals surface area contributed by atoms with E-state index in [4.69, 9.17) is 10.5 Å². The Labute approximate surface area is 95.8 Å². The third-order valence-electron chi connectivity index (χ3n) is 2.90. The van der Waals surface area contributed by atoms with Crippen molar-refractivity contribution in [3.63, 3.8) is 0 Å². The van der Waals surface area contributed by atoms with E-state index in [9.17, 15) is 0 Å². The van der Waals surface area contributed by atoms with Crippen molar-refractivity contribution in [2.75, 3.05) is 13.7 Å². The number of fused-ring (bicyclic) bond motifs is 1. The van der Waals surface area contributed by atoms with Gasteiger partial charge < -0.3 is 15.0 Å². The standard InChI is InChI=1S/C13H18N2O/c1-10-8-11-4-5-12(16-2)9-13(11)15(10)7-3-6-14/h4-5,8-9H,3,6-7,14H2,1-2H3. The van der Waals surface area contributed by atoms with Crippen molar-refractivity contribution in [3.05, 3.63) is 30.0 Å². The Bertz CT molecular complexity index is 488. The summed E-state index contributed by atoms with van der Waals surface area (Å²) in [5.41, 5.74) is 8.06. The second kappa shape index (κ2) is 4.58. The minimum atomic E-state index is 0.725. The summed E-state index contributed by atoms with van der Waals surface area (Å²) >= 11 is 0. The van der Waals surface area contributed by atoms with Crippen LogP contribution in [0.3, 0.4) is 0 Å². The summed E-state index contributed by atoms with van der Waals surface area (Å²) in [4.78, 5) is 0. The van der Waals surface area contributed by atoms with Crippen LogP contribution < -0.4 is 10.5 Å². The highest BCUT2D eigenvalue weighted by Crippen LogP contribution is 2.24. The number of rotatable bonds is 4. The van der Waals surface area contributed by atoms with E-state index >= 15 is 0 Å². The van der Waals surface area contributed by atoms with Crippen LogP contribution in [-0.2, 0) is 6.54 Å². The molecule has 0 aliphatic heterocycles. The lowest BCUT2D eigenvalue weighted by atomic mass is 10.2. The number of benzene rings is 1. The first-order valence-electron chi connectivity index (χ1n) is 5.60. The van der Waals surface area contributed by atoms with Gasteiger partial charge >= 0.3 is 0 Å². The Balaban J connectivity index is 2.48. The third-order valence-corrected chi connectivity index (χ3v) is 2.90. The maximum Gasteiger partial charge on any atom is 0.120 e. The molecule has 0 saturated heterocycles. The van der Waals surface area contributed by atoms with Crippen molar-refractivity contribution >= 4 is 10.9 Å². The Morgan fingerprint density at radius 3 is 2.81 bits per heavy atom. The first-order chi connectivity index (χ1) is 7.76. The molecule has 1 aromatic heterocycles. The fraction of sp³-hybridized carbons (Fsp3) is 0.385. The minimum Gasteiger partial charge on any atom is -0.497 e. The zero-order valence-electron chi connectivity index (χ0n) is 9.86. The van der Waals surface area contributed by atoms with Gasteiger partial charge in [0.2, 0.25) is 0 Å². The molecule has 0 spiro atoms. The Morgan fingerprint density at radius 1 is 1.31 bits per heavy atom. The van der Waals surface area contributed by atoms with E-state index in [2.05, 4.69) is 29.7 Å². The van der Waals surface area contributed by atoms with Gasteiger partial charge in [0, 0.05) is 23.7 Å². The van der Waals surface area contributed by atoms with Crippen molar-refractivity contribution in [2.24, 2.45) is 5.73 Å². The number of hydrogen-bond donors (Lipinski definition) is 1. The predicted molar refractivity (Wildman–Crippen MR) is 66.9 cm³/mol. The number of hydrogen-bond acceptors (Lipinski definition) is 2. The summed E-state index contributed by atoms with van der Waals surface area (Å²) in [6, 6.07) is 8.37. The SMILES string of the molecule is COc1ccc2cc(C)n(CCCN)c2c1. The van der Waals surface area contributed by atoms with Gasteiger partial charge in [0.15, 0.2) is 0 Å². The number of methoxy groups -OCH3 is 1. The van der Waals surface area contributed by atoms with Gasteiger partial charge in [-0.3, -0.25) is 0 Å². The first kappa shape index (κ1) is 11.0. The second-order valence-electron chi connectivity index (χ2n) is 4.00. The van der Waals surface area contributed by atoms with Crippen LogP contribution in [0.5, 0.6) is 5.75 Å². The average molecular weight is 218 g/mol. The Morgan fingerprint density at radius 2 is 2.12 bits per heavy atom. The maximum atomic E-state index is 5.56. The fourth-order valence-corrected chi connectivity index (χ4v) is 2.05. The molecule has 0 unspecified atom stereocenters. The van der Waals surface area contributed by atoms with Gasteiger partial charge in [-0.05, 0) is 38.1 Å². The van der Waals surface area contributed by atoms with Crippen LogP contribution in [0.1, 0.15) is 12.1 Å². The van der Waals surface area contributed by atoms with Gasteiger partial charge in [-0.15, -0.1) is 0 Å². The Hall–Kier alpha value is -1.48. The number of aryl methyl sites for hydroxylation is 2. The third kappa shape index (κ3) is 1.91. The zero-order valence-corrected chi connectivity index (χ0v) is 9.86. The van der Waals surface area contributed by atoms with Crippen LogP contribution in [0.4, 0.5) is 0 Å². The molecular weight excluding hydrogens is 200 g/mol. The van der Waals surface area contributed by atoms with E-state index in [1.54, 1.807) is 7.11 Å². The summed E-state index contributed by atoms with van der Waals surface area (Å²) in [6.45, 7) is 3.82.